The number of aliphatic hydroxyl groups excluding tert-OH is 1. The lowest BCUT2D eigenvalue weighted by atomic mass is 9.49. The van der Waals surface area contributed by atoms with E-state index in [-0.39, 0.29) is 39.2 Å². The Balaban J connectivity index is 1.74. The maximum atomic E-state index is 10.6. The SMILES string of the molecule is C[C@@H](O)C1=CC[C@H]2C3=CC=C4C[C@@H](O[Si](C)(C)C(C)(C)C)CC(O[Si](C)(C)C(C)(C)C)[C@]4(C)[C@H]3CC[C@]12C. The number of fused-ring (bicyclic) bond motifs is 5. The maximum absolute atomic E-state index is 10.6. The van der Waals surface area contributed by atoms with Crippen LogP contribution in [0.25, 0.3) is 0 Å². The van der Waals surface area contributed by atoms with E-state index in [1.165, 1.54) is 12.0 Å². The van der Waals surface area contributed by atoms with Crippen molar-refractivity contribution in [3.05, 3.63) is 34.9 Å². The van der Waals surface area contributed by atoms with E-state index in [0.717, 1.165) is 25.7 Å². The summed E-state index contributed by atoms with van der Waals surface area (Å²) in [6.07, 6.45) is 12.8. The van der Waals surface area contributed by atoms with Gasteiger partial charge in [0, 0.05) is 5.41 Å². The highest BCUT2D eigenvalue weighted by molar-refractivity contribution is 6.74. The summed E-state index contributed by atoms with van der Waals surface area (Å²) in [5.41, 5.74) is 4.51. The van der Waals surface area contributed by atoms with Crippen LogP contribution in [0.15, 0.2) is 34.9 Å². The van der Waals surface area contributed by atoms with E-state index in [9.17, 15) is 5.11 Å². The molecule has 4 rings (SSSR count). The van der Waals surface area contributed by atoms with Gasteiger partial charge < -0.3 is 14.0 Å². The first-order valence-corrected chi connectivity index (χ1v) is 21.1. The van der Waals surface area contributed by atoms with Gasteiger partial charge in [-0.05, 0) is 98.1 Å². The molecular formula is C33H58O3Si2. The molecule has 0 aromatic carbocycles. The van der Waals surface area contributed by atoms with E-state index in [2.05, 4.69) is 99.8 Å². The first-order valence-electron chi connectivity index (χ1n) is 15.3. The van der Waals surface area contributed by atoms with Crippen LogP contribution in [0, 0.1) is 22.7 Å². The van der Waals surface area contributed by atoms with Crippen LogP contribution in [0.4, 0.5) is 0 Å². The lowest BCUT2D eigenvalue weighted by Crippen LogP contribution is -2.58. The normalized spacial score (nSPS) is 36.9. The minimum atomic E-state index is -2.00. The Kier molecular flexibility index (Phi) is 7.66. The minimum Gasteiger partial charge on any atom is -0.414 e. The zero-order valence-corrected chi connectivity index (χ0v) is 28.9. The fourth-order valence-corrected chi connectivity index (χ4v) is 10.4. The van der Waals surface area contributed by atoms with Crippen LogP contribution >= 0.6 is 0 Å². The second-order valence-electron chi connectivity index (χ2n) is 16.6. The van der Waals surface area contributed by atoms with Gasteiger partial charge in [-0.15, -0.1) is 0 Å². The van der Waals surface area contributed by atoms with Gasteiger partial charge in [0.2, 0.25) is 0 Å². The summed E-state index contributed by atoms with van der Waals surface area (Å²) < 4.78 is 14.6. The van der Waals surface area contributed by atoms with Gasteiger partial charge in [0.05, 0.1) is 18.3 Å². The molecule has 0 radical (unpaired) electrons. The molecule has 1 N–H and O–H groups in total. The van der Waals surface area contributed by atoms with Gasteiger partial charge in [0.1, 0.15) is 0 Å². The second kappa shape index (κ2) is 9.54. The molecule has 38 heavy (non-hydrogen) atoms. The monoisotopic (exact) mass is 558 g/mol. The van der Waals surface area contributed by atoms with Gasteiger partial charge in [-0.1, -0.05) is 84.8 Å². The molecule has 0 saturated heterocycles. The molecule has 0 bridgehead atoms. The third-order valence-electron chi connectivity index (χ3n) is 12.2. The Hall–Kier alpha value is -0.466. The van der Waals surface area contributed by atoms with Crippen molar-refractivity contribution in [1.82, 2.24) is 0 Å². The standard InChI is InChI=1S/C33H58O3Si2/c1-22(34)26-16-17-27-25-15-14-23-20-24(35-37(10,11)30(2,3)4)21-29(36-38(12,13)31(5,6)7)33(23,9)28(25)18-19-32(26,27)8/h14-16,22,24,27-29,34H,17-21H2,1-13H3/t22-,24-,27+,28+,29?,32-,33+/m1/s1. The van der Waals surface area contributed by atoms with Crippen molar-refractivity contribution in [1.29, 1.82) is 0 Å². The molecule has 3 nitrogen and oxygen atoms in total. The van der Waals surface area contributed by atoms with E-state index in [1.807, 2.05) is 6.92 Å². The van der Waals surface area contributed by atoms with E-state index in [0.29, 0.717) is 11.8 Å². The van der Waals surface area contributed by atoms with Crippen LogP contribution in [-0.4, -0.2) is 40.1 Å². The van der Waals surface area contributed by atoms with Crippen LogP contribution in [0.1, 0.15) is 94.4 Å². The van der Waals surface area contributed by atoms with Crippen molar-refractivity contribution in [2.24, 2.45) is 22.7 Å². The number of hydrogen-bond acceptors (Lipinski definition) is 3. The van der Waals surface area contributed by atoms with Crippen LogP contribution < -0.4 is 0 Å². The highest BCUT2D eigenvalue weighted by Crippen LogP contribution is 2.65. The fourth-order valence-electron chi connectivity index (χ4n) is 7.66. The van der Waals surface area contributed by atoms with Crippen molar-refractivity contribution < 1.29 is 14.0 Å². The summed E-state index contributed by atoms with van der Waals surface area (Å²) in [7, 11) is -3.89. The van der Waals surface area contributed by atoms with E-state index in [1.54, 1.807) is 11.1 Å². The summed E-state index contributed by atoms with van der Waals surface area (Å²) in [6, 6.07) is 0. The van der Waals surface area contributed by atoms with Crippen molar-refractivity contribution in [2.75, 3.05) is 0 Å². The summed E-state index contributed by atoms with van der Waals surface area (Å²) in [5, 5.41) is 11.0. The highest BCUT2D eigenvalue weighted by atomic mass is 28.4. The molecule has 0 aromatic rings. The van der Waals surface area contributed by atoms with Crippen LogP contribution in [-0.2, 0) is 8.85 Å². The Bertz CT molecular complexity index is 1020. The van der Waals surface area contributed by atoms with Crippen LogP contribution in [0.2, 0.25) is 36.3 Å². The van der Waals surface area contributed by atoms with Crippen molar-refractivity contribution >= 4 is 16.6 Å². The highest BCUT2D eigenvalue weighted by Gasteiger charge is 2.59. The Morgan fingerprint density at radius 2 is 1.50 bits per heavy atom. The number of aliphatic hydroxyl groups is 1. The van der Waals surface area contributed by atoms with Crippen LogP contribution in [0.3, 0.4) is 0 Å². The third-order valence-corrected chi connectivity index (χ3v) is 21.2. The predicted octanol–water partition coefficient (Wildman–Crippen LogP) is 9.18. The average Bonchev–Trinajstić information content (AvgIpc) is 3.10. The lowest BCUT2D eigenvalue weighted by molar-refractivity contribution is -0.0394. The van der Waals surface area contributed by atoms with Gasteiger partial charge in [-0.3, -0.25) is 0 Å². The van der Waals surface area contributed by atoms with Crippen molar-refractivity contribution in [3.8, 4) is 0 Å². The molecule has 2 fully saturated rings. The number of hydrogen-bond donors (Lipinski definition) is 1. The van der Waals surface area contributed by atoms with Crippen molar-refractivity contribution in [2.45, 2.75) is 149 Å². The zero-order valence-electron chi connectivity index (χ0n) is 26.9. The van der Waals surface area contributed by atoms with Gasteiger partial charge in [-0.2, -0.15) is 0 Å². The summed E-state index contributed by atoms with van der Waals surface area (Å²) in [4.78, 5) is 0. The Labute approximate surface area is 236 Å². The van der Waals surface area contributed by atoms with Crippen LogP contribution in [0.5, 0.6) is 0 Å². The average molecular weight is 559 g/mol. The smallest absolute Gasteiger partial charge is 0.192 e. The summed E-state index contributed by atoms with van der Waals surface area (Å²) >= 11 is 0. The molecule has 4 aliphatic rings. The molecule has 216 valence electrons. The summed E-state index contributed by atoms with van der Waals surface area (Å²) in [6.45, 7) is 30.7. The van der Waals surface area contributed by atoms with E-state index >= 15 is 0 Å². The van der Waals surface area contributed by atoms with Gasteiger partial charge in [0.15, 0.2) is 16.6 Å². The van der Waals surface area contributed by atoms with E-state index in [4.69, 9.17) is 8.85 Å². The largest absolute Gasteiger partial charge is 0.414 e. The molecule has 4 aliphatic carbocycles. The first-order chi connectivity index (χ1) is 17.1. The van der Waals surface area contributed by atoms with Gasteiger partial charge in [0.25, 0.3) is 0 Å². The second-order valence-corrected chi connectivity index (χ2v) is 26.1. The zero-order chi connectivity index (χ0) is 28.7. The molecule has 0 heterocycles. The molecule has 0 spiro atoms. The topological polar surface area (TPSA) is 38.7 Å². The molecule has 5 heteroatoms. The van der Waals surface area contributed by atoms with Gasteiger partial charge >= 0.3 is 0 Å². The molecular weight excluding hydrogens is 501 g/mol. The number of allylic oxidation sites excluding steroid dienone is 4. The van der Waals surface area contributed by atoms with E-state index < -0.39 is 16.6 Å². The number of rotatable bonds is 5. The Morgan fingerprint density at radius 3 is 2.05 bits per heavy atom. The summed E-state index contributed by atoms with van der Waals surface area (Å²) in [5.74, 6) is 1.00. The molecule has 0 aromatic heterocycles. The Morgan fingerprint density at radius 1 is 0.921 bits per heavy atom. The fraction of sp³-hybridized carbons (Fsp3) is 0.818. The third kappa shape index (κ3) is 4.84. The quantitative estimate of drug-likeness (QED) is 0.270. The van der Waals surface area contributed by atoms with Gasteiger partial charge in [-0.25, -0.2) is 0 Å². The molecule has 7 atom stereocenters. The predicted molar refractivity (Wildman–Crippen MR) is 166 cm³/mol. The first kappa shape index (κ1) is 30.5. The van der Waals surface area contributed by atoms with Crippen molar-refractivity contribution in [3.63, 3.8) is 0 Å². The molecule has 0 aliphatic heterocycles. The minimum absolute atomic E-state index is 0.00179. The molecule has 0 amide bonds. The lowest BCUT2D eigenvalue weighted by Gasteiger charge is -2.59. The molecule has 1 unspecified atom stereocenters. The maximum Gasteiger partial charge on any atom is 0.192 e. The molecule has 2 saturated carbocycles.